The highest BCUT2D eigenvalue weighted by molar-refractivity contribution is 5.66. The van der Waals surface area contributed by atoms with Gasteiger partial charge < -0.3 is 28.4 Å². The van der Waals surface area contributed by atoms with Gasteiger partial charge in [0.25, 0.3) is 0 Å². The van der Waals surface area contributed by atoms with Crippen molar-refractivity contribution in [1.29, 1.82) is 0 Å². The lowest BCUT2D eigenvalue weighted by molar-refractivity contribution is -0.195. The first-order valence-electron chi connectivity index (χ1n) is 13.1. The van der Waals surface area contributed by atoms with E-state index < -0.39 is 36.7 Å². The van der Waals surface area contributed by atoms with Crippen LogP contribution in [0.1, 0.15) is 23.6 Å². The van der Waals surface area contributed by atoms with Crippen LogP contribution in [0.3, 0.4) is 0 Å². The third-order valence-corrected chi connectivity index (χ3v) is 6.23. The predicted molar refractivity (Wildman–Crippen MR) is 146 cm³/mol. The Hall–Kier alpha value is -3.33. The molecular weight excluding hydrogens is 496 g/mol. The Kier molecular flexibility index (Phi) is 11.3. The highest BCUT2D eigenvalue weighted by Gasteiger charge is 2.51. The summed E-state index contributed by atoms with van der Waals surface area (Å²) in [5.41, 5.74) is 3.02. The molecule has 0 N–H and O–H groups in total. The van der Waals surface area contributed by atoms with Gasteiger partial charge in [0.05, 0.1) is 33.0 Å². The molecule has 1 saturated heterocycles. The molecule has 0 spiro atoms. The molecule has 4 rings (SSSR count). The molecule has 0 amide bonds. The van der Waals surface area contributed by atoms with Crippen molar-refractivity contribution >= 4 is 5.97 Å². The number of esters is 1. The summed E-state index contributed by atoms with van der Waals surface area (Å²) in [5, 5.41) is 0. The van der Waals surface area contributed by atoms with Crippen molar-refractivity contribution in [3.63, 3.8) is 0 Å². The number of ether oxygens (including phenoxy) is 6. The second-order valence-electron chi connectivity index (χ2n) is 9.26. The van der Waals surface area contributed by atoms with Gasteiger partial charge in [0.1, 0.15) is 18.3 Å². The van der Waals surface area contributed by atoms with Crippen LogP contribution in [0.5, 0.6) is 0 Å². The Balaban J connectivity index is 1.55. The van der Waals surface area contributed by atoms with E-state index in [-0.39, 0.29) is 13.2 Å². The first-order valence-corrected chi connectivity index (χ1v) is 13.1. The van der Waals surface area contributed by atoms with Gasteiger partial charge >= 0.3 is 5.97 Å². The molecule has 206 valence electrons. The van der Waals surface area contributed by atoms with Gasteiger partial charge in [0, 0.05) is 6.92 Å². The van der Waals surface area contributed by atoms with Gasteiger partial charge in [-0.15, -0.1) is 6.58 Å². The molecule has 1 aliphatic heterocycles. The van der Waals surface area contributed by atoms with Crippen LogP contribution in [0, 0.1) is 0 Å². The number of benzene rings is 3. The number of hydrogen-bond acceptors (Lipinski definition) is 7. The fraction of sp³-hybridized carbons (Fsp3) is 0.344. The molecule has 3 aromatic carbocycles. The Morgan fingerprint density at radius 3 is 1.82 bits per heavy atom. The second kappa shape index (κ2) is 15.3. The molecule has 3 aromatic rings. The van der Waals surface area contributed by atoms with Gasteiger partial charge in [-0.2, -0.15) is 0 Å². The molecule has 7 nitrogen and oxygen atoms in total. The van der Waals surface area contributed by atoms with Crippen LogP contribution in [0.25, 0.3) is 0 Å². The minimum absolute atomic E-state index is 0.115. The molecule has 0 aliphatic carbocycles. The van der Waals surface area contributed by atoms with E-state index in [1.54, 1.807) is 6.08 Å². The van der Waals surface area contributed by atoms with Crippen LogP contribution in [0.2, 0.25) is 0 Å². The van der Waals surface area contributed by atoms with Crippen LogP contribution in [-0.4, -0.2) is 49.9 Å². The van der Waals surface area contributed by atoms with Gasteiger partial charge in [0.15, 0.2) is 12.4 Å². The fourth-order valence-corrected chi connectivity index (χ4v) is 4.42. The third kappa shape index (κ3) is 8.85. The first-order chi connectivity index (χ1) is 19.1. The van der Waals surface area contributed by atoms with Crippen molar-refractivity contribution in [2.75, 3.05) is 13.2 Å². The van der Waals surface area contributed by atoms with Crippen LogP contribution in [0.15, 0.2) is 104 Å². The van der Waals surface area contributed by atoms with Gasteiger partial charge in [-0.05, 0) is 16.7 Å². The zero-order valence-corrected chi connectivity index (χ0v) is 22.2. The van der Waals surface area contributed by atoms with E-state index in [0.717, 1.165) is 16.7 Å². The number of rotatable bonds is 15. The Morgan fingerprint density at radius 2 is 1.31 bits per heavy atom. The molecule has 0 bridgehead atoms. The first kappa shape index (κ1) is 28.7. The standard InChI is InChI=1S/C32H36O7/c1-3-19-35-32-31(37-22-27-17-11-6-12-18-27)30(36-21-26-15-9-5-10-16-26)29(39-32)28(38-24(2)33)23-34-20-25-13-7-4-8-14-25/h3-18,28-32H,1,19-23H2,2H3/t28-,29+,30+,31-,32?/m1/s1. The summed E-state index contributed by atoms with van der Waals surface area (Å²) < 4.78 is 36.8. The van der Waals surface area contributed by atoms with Crippen LogP contribution >= 0.6 is 0 Å². The lowest BCUT2D eigenvalue weighted by Crippen LogP contribution is -2.45. The number of carbonyl (C=O) groups excluding carboxylic acids is 1. The van der Waals surface area contributed by atoms with Crippen LogP contribution in [-0.2, 0) is 53.0 Å². The molecule has 7 heteroatoms. The quantitative estimate of drug-likeness (QED) is 0.196. The van der Waals surface area contributed by atoms with E-state index in [1.807, 2.05) is 91.0 Å². The molecule has 1 fully saturated rings. The van der Waals surface area contributed by atoms with Gasteiger partial charge in [-0.25, -0.2) is 0 Å². The van der Waals surface area contributed by atoms with E-state index in [2.05, 4.69) is 6.58 Å². The molecule has 39 heavy (non-hydrogen) atoms. The van der Waals surface area contributed by atoms with Gasteiger partial charge in [-0.1, -0.05) is 97.1 Å². The smallest absolute Gasteiger partial charge is 0.303 e. The molecule has 5 atom stereocenters. The molecule has 1 unspecified atom stereocenters. The normalized spacial score (nSPS) is 21.4. The topological polar surface area (TPSA) is 72.5 Å². The molecule has 1 aliphatic rings. The minimum atomic E-state index is -0.760. The van der Waals surface area contributed by atoms with Crippen molar-refractivity contribution in [2.45, 2.75) is 57.5 Å². The lowest BCUT2D eigenvalue weighted by atomic mass is 10.0. The number of hydrogen-bond donors (Lipinski definition) is 0. The Bertz CT molecular complexity index is 1120. The van der Waals surface area contributed by atoms with Crippen molar-refractivity contribution in [3.8, 4) is 0 Å². The summed E-state index contributed by atoms with van der Waals surface area (Å²) >= 11 is 0. The van der Waals surface area contributed by atoms with Gasteiger partial charge in [0.2, 0.25) is 0 Å². The Morgan fingerprint density at radius 1 is 0.795 bits per heavy atom. The second-order valence-corrected chi connectivity index (χ2v) is 9.26. The number of carbonyl (C=O) groups is 1. The average Bonchev–Trinajstić information content (AvgIpc) is 3.31. The maximum atomic E-state index is 12.1. The molecular formula is C32H36O7. The average molecular weight is 533 g/mol. The molecule has 0 aromatic heterocycles. The van der Waals surface area contributed by atoms with Crippen LogP contribution < -0.4 is 0 Å². The van der Waals surface area contributed by atoms with Crippen molar-refractivity contribution < 1.29 is 33.2 Å². The monoisotopic (exact) mass is 532 g/mol. The summed E-state index contributed by atoms with van der Waals surface area (Å²) in [5.74, 6) is -0.439. The Labute approximate surface area is 230 Å². The summed E-state index contributed by atoms with van der Waals surface area (Å²) in [4.78, 5) is 12.1. The summed E-state index contributed by atoms with van der Waals surface area (Å²) in [6.45, 7) is 6.53. The highest BCUT2D eigenvalue weighted by atomic mass is 16.7. The van der Waals surface area contributed by atoms with E-state index >= 15 is 0 Å². The molecule has 1 heterocycles. The van der Waals surface area contributed by atoms with E-state index in [9.17, 15) is 4.79 Å². The van der Waals surface area contributed by atoms with E-state index in [4.69, 9.17) is 28.4 Å². The minimum Gasteiger partial charge on any atom is -0.457 e. The zero-order valence-electron chi connectivity index (χ0n) is 22.2. The summed E-state index contributed by atoms with van der Waals surface area (Å²) in [6, 6.07) is 29.5. The van der Waals surface area contributed by atoms with Gasteiger partial charge in [-0.3, -0.25) is 4.79 Å². The molecule has 0 radical (unpaired) electrons. The molecule has 0 saturated carbocycles. The van der Waals surface area contributed by atoms with E-state index in [0.29, 0.717) is 19.8 Å². The fourth-order valence-electron chi connectivity index (χ4n) is 4.42. The van der Waals surface area contributed by atoms with Crippen LogP contribution in [0.4, 0.5) is 0 Å². The summed E-state index contributed by atoms with van der Waals surface area (Å²) in [6.07, 6.45) is -1.74. The van der Waals surface area contributed by atoms with Crippen molar-refractivity contribution in [1.82, 2.24) is 0 Å². The highest BCUT2D eigenvalue weighted by Crippen LogP contribution is 2.32. The summed E-state index contributed by atoms with van der Waals surface area (Å²) in [7, 11) is 0. The van der Waals surface area contributed by atoms with Crippen molar-refractivity contribution in [3.05, 3.63) is 120 Å². The predicted octanol–water partition coefficient (Wildman–Crippen LogP) is 5.23. The van der Waals surface area contributed by atoms with Crippen molar-refractivity contribution in [2.24, 2.45) is 0 Å². The maximum Gasteiger partial charge on any atom is 0.303 e. The maximum absolute atomic E-state index is 12.1. The SMILES string of the molecule is C=CCOC1O[C@@H]([C@@H](COCc2ccccc2)OC(C)=O)[C@H](OCc2ccccc2)[C@H]1OCc1ccccc1. The van der Waals surface area contributed by atoms with E-state index in [1.165, 1.54) is 6.92 Å². The third-order valence-electron chi connectivity index (χ3n) is 6.23. The largest absolute Gasteiger partial charge is 0.457 e. The zero-order chi connectivity index (χ0) is 27.3. The lowest BCUT2D eigenvalue weighted by Gasteiger charge is -2.28.